The fourth-order valence-corrected chi connectivity index (χ4v) is 1.61. The minimum Gasteiger partial charge on any atom is -0.480 e. The lowest BCUT2D eigenvalue weighted by molar-refractivity contribution is -0.148. The summed E-state index contributed by atoms with van der Waals surface area (Å²) in [6.45, 7) is 3.76. The van der Waals surface area contributed by atoms with Gasteiger partial charge in [-0.05, 0) is 12.8 Å². The molecule has 0 radical (unpaired) electrons. The minimum absolute atomic E-state index is 0.183. The number of aliphatic carboxylic acids is 1. The molecule has 5 heteroatoms. The van der Waals surface area contributed by atoms with Crippen molar-refractivity contribution in [3.05, 3.63) is 0 Å². The van der Waals surface area contributed by atoms with E-state index in [1.165, 1.54) is 11.9 Å². The molecule has 3 N–H and O–H groups in total. The number of carboxylic acids is 1. The Kier molecular flexibility index (Phi) is 5.28. The van der Waals surface area contributed by atoms with Crippen LogP contribution in [0.5, 0.6) is 0 Å². The van der Waals surface area contributed by atoms with Gasteiger partial charge in [-0.15, -0.1) is 0 Å². The molecule has 0 aliphatic carbocycles. The highest BCUT2D eigenvalue weighted by molar-refractivity contribution is 5.85. The summed E-state index contributed by atoms with van der Waals surface area (Å²) < 4.78 is 0. The van der Waals surface area contributed by atoms with E-state index in [1.54, 1.807) is 0 Å². The second-order valence-corrected chi connectivity index (χ2v) is 3.75. The molecule has 0 aromatic carbocycles. The predicted octanol–water partition coefficient (Wildman–Crippen LogP) is 0.295. The van der Waals surface area contributed by atoms with Crippen LogP contribution in [0, 0.1) is 5.41 Å². The van der Waals surface area contributed by atoms with Gasteiger partial charge in [0.25, 0.3) is 0 Å². The van der Waals surface area contributed by atoms with Gasteiger partial charge in [-0.3, -0.25) is 9.59 Å². The van der Waals surface area contributed by atoms with Gasteiger partial charge in [-0.25, -0.2) is 0 Å². The summed E-state index contributed by atoms with van der Waals surface area (Å²) in [5.74, 6) is -1.19. The summed E-state index contributed by atoms with van der Waals surface area (Å²) in [6, 6.07) is 0. The number of carbonyl (C=O) groups excluding carboxylic acids is 1. The number of hydrogen-bond donors (Lipinski definition) is 2. The molecular weight excluding hydrogens is 196 g/mol. The molecule has 0 saturated heterocycles. The second kappa shape index (κ2) is 5.70. The van der Waals surface area contributed by atoms with E-state index in [4.69, 9.17) is 10.8 Å². The molecule has 15 heavy (non-hydrogen) atoms. The summed E-state index contributed by atoms with van der Waals surface area (Å²) in [4.78, 5) is 23.7. The molecule has 0 atom stereocenters. The average molecular weight is 216 g/mol. The average Bonchev–Trinajstić information content (AvgIpc) is 2.20. The van der Waals surface area contributed by atoms with Crippen molar-refractivity contribution in [3.8, 4) is 0 Å². The van der Waals surface area contributed by atoms with E-state index in [-0.39, 0.29) is 19.0 Å². The van der Waals surface area contributed by atoms with Gasteiger partial charge in [-0.2, -0.15) is 0 Å². The summed E-state index contributed by atoms with van der Waals surface area (Å²) in [5.41, 5.74) is 5.00. The Labute approximate surface area is 90.2 Å². The Balaban J connectivity index is 4.70. The van der Waals surface area contributed by atoms with E-state index in [1.807, 2.05) is 13.8 Å². The van der Waals surface area contributed by atoms with E-state index in [0.29, 0.717) is 12.8 Å². The number of amides is 1. The fourth-order valence-electron chi connectivity index (χ4n) is 1.61. The van der Waals surface area contributed by atoms with Crippen LogP contribution < -0.4 is 5.73 Å². The van der Waals surface area contributed by atoms with Crippen molar-refractivity contribution < 1.29 is 14.7 Å². The van der Waals surface area contributed by atoms with Crippen LogP contribution in [-0.4, -0.2) is 42.0 Å². The van der Waals surface area contributed by atoms with Crippen molar-refractivity contribution >= 4 is 11.9 Å². The third-order valence-electron chi connectivity index (χ3n) is 2.92. The maximum absolute atomic E-state index is 12.0. The lowest BCUT2D eigenvalue weighted by Gasteiger charge is -2.32. The lowest BCUT2D eigenvalue weighted by Crippen LogP contribution is -2.47. The molecule has 0 aliphatic heterocycles. The summed E-state index contributed by atoms with van der Waals surface area (Å²) in [7, 11) is 1.49. The van der Waals surface area contributed by atoms with Crippen LogP contribution in [-0.2, 0) is 9.59 Å². The van der Waals surface area contributed by atoms with Crippen LogP contribution in [0.15, 0.2) is 0 Å². The molecule has 0 fully saturated rings. The highest BCUT2D eigenvalue weighted by Gasteiger charge is 2.35. The molecular formula is C10H20N2O3. The summed E-state index contributed by atoms with van der Waals surface area (Å²) in [6.07, 6.45) is 1.26. The van der Waals surface area contributed by atoms with E-state index in [0.717, 1.165) is 0 Å². The Morgan fingerprint density at radius 3 is 2.07 bits per heavy atom. The Morgan fingerprint density at radius 1 is 1.33 bits per heavy atom. The quantitative estimate of drug-likeness (QED) is 0.668. The summed E-state index contributed by atoms with van der Waals surface area (Å²) in [5, 5.41) is 8.59. The van der Waals surface area contributed by atoms with Crippen molar-refractivity contribution in [2.45, 2.75) is 26.7 Å². The SMILES string of the molecule is CCC(CC)(CN)C(=O)N(C)CC(=O)O. The topological polar surface area (TPSA) is 83.6 Å². The second-order valence-electron chi connectivity index (χ2n) is 3.75. The highest BCUT2D eigenvalue weighted by Crippen LogP contribution is 2.27. The molecule has 0 aromatic rings. The van der Waals surface area contributed by atoms with Crippen molar-refractivity contribution in [3.63, 3.8) is 0 Å². The monoisotopic (exact) mass is 216 g/mol. The maximum atomic E-state index is 12.0. The van der Waals surface area contributed by atoms with Crippen molar-refractivity contribution in [1.29, 1.82) is 0 Å². The third-order valence-corrected chi connectivity index (χ3v) is 2.92. The molecule has 1 amide bonds. The van der Waals surface area contributed by atoms with Gasteiger partial charge in [0.05, 0.1) is 5.41 Å². The molecule has 5 nitrogen and oxygen atoms in total. The molecule has 0 aromatic heterocycles. The van der Waals surface area contributed by atoms with Crippen molar-refractivity contribution in [1.82, 2.24) is 4.90 Å². The molecule has 0 bridgehead atoms. The largest absolute Gasteiger partial charge is 0.480 e. The van der Waals surface area contributed by atoms with Gasteiger partial charge in [0.15, 0.2) is 0 Å². The van der Waals surface area contributed by atoms with Gasteiger partial charge in [0.1, 0.15) is 6.54 Å². The van der Waals surface area contributed by atoms with Gasteiger partial charge in [-0.1, -0.05) is 13.8 Å². The Hall–Kier alpha value is -1.10. The zero-order valence-corrected chi connectivity index (χ0v) is 9.62. The Morgan fingerprint density at radius 2 is 1.80 bits per heavy atom. The van der Waals surface area contributed by atoms with E-state index in [9.17, 15) is 9.59 Å². The van der Waals surface area contributed by atoms with Crippen molar-refractivity contribution in [2.24, 2.45) is 11.1 Å². The van der Waals surface area contributed by atoms with E-state index in [2.05, 4.69) is 0 Å². The molecule has 0 aliphatic rings. The number of nitrogens with two attached hydrogens (primary N) is 1. The van der Waals surface area contributed by atoms with Gasteiger partial charge in [0.2, 0.25) is 5.91 Å². The number of nitrogens with zero attached hydrogens (tertiary/aromatic N) is 1. The van der Waals surface area contributed by atoms with Crippen LogP contribution in [0.25, 0.3) is 0 Å². The zero-order chi connectivity index (χ0) is 12.1. The standard InChI is InChI=1S/C10H20N2O3/c1-4-10(5-2,7-11)9(15)12(3)6-8(13)14/h4-7,11H2,1-3H3,(H,13,14). The van der Waals surface area contributed by atoms with Crippen LogP contribution >= 0.6 is 0 Å². The number of likely N-dealkylation sites (N-methyl/N-ethyl adjacent to an activating group) is 1. The lowest BCUT2D eigenvalue weighted by atomic mass is 9.81. The Bertz CT molecular complexity index is 229. The van der Waals surface area contributed by atoms with E-state index < -0.39 is 11.4 Å². The first-order valence-electron chi connectivity index (χ1n) is 5.11. The molecule has 0 saturated carbocycles. The summed E-state index contributed by atoms with van der Waals surface area (Å²) >= 11 is 0. The minimum atomic E-state index is -1.01. The van der Waals surface area contributed by atoms with Crippen LogP contribution in [0.2, 0.25) is 0 Å². The number of rotatable bonds is 6. The van der Waals surface area contributed by atoms with Crippen molar-refractivity contribution in [2.75, 3.05) is 20.1 Å². The predicted molar refractivity (Wildman–Crippen MR) is 57.3 cm³/mol. The molecule has 0 unspecified atom stereocenters. The number of hydrogen-bond acceptors (Lipinski definition) is 3. The molecule has 0 heterocycles. The smallest absolute Gasteiger partial charge is 0.323 e. The first kappa shape index (κ1) is 13.9. The van der Waals surface area contributed by atoms with Gasteiger partial charge >= 0.3 is 5.97 Å². The molecule has 0 rings (SSSR count). The molecule has 88 valence electrons. The van der Waals surface area contributed by atoms with Crippen LogP contribution in [0.3, 0.4) is 0 Å². The first-order chi connectivity index (χ1) is 6.93. The number of carbonyl (C=O) groups is 2. The normalized spacial score (nSPS) is 11.2. The van der Waals surface area contributed by atoms with Crippen LogP contribution in [0.4, 0.5) is 0 Å². The maximum Gasteiger partial charge on any atom is 0.323 e. The first-order valence-corrected chi connectivity index (χ1v) is 5.11. The van der Waals surface area contributed by atoms with Crippen LogP contribution in [0.1, 0.15) is 26.7 Å². The zero-order valence-electron chi connectivity index (χ0n) is 9.62. The molecule has 0 spiro atoms. The third kappa shape index (κ3) is 3.20. The van der Waals surface area contributed by atoms with Gasteiger partial charge < -0.3 is 15.7 Å². The fraction of sp³-hybridized carbons (Fsp3) is 0.800. The number of carboxylic acid groups (broad SMARTS) is 1. The van der Waals surface area contributed by atoms with Gasteiger partial charge in [0, 0.05) is 13.6 Å². The van der Waals surface area contributed by atoms with E-state index >= 15 is 0 Å². The highest BCUT2D eigenvalue weighted by atomic mass is 16.4.